The molecule has 4 heteroatoms. The minimum atomic E-state index is -0.828. The molecular formula is C17H23NO3. The van der Waals surface area contributed by atoms with Crippen molar-refractivity contribution in [1.82, 2.24) is 4.90 Å². The number of carbonyl (C=O) groups excluding carboxylic acids is 1. The highest BCUT2D eigenvalue weighted by Gasteiger charge is 2.45. The van der Waals surface area contributed by atoms with Gasteiger partial charge >= 0.3 is 5.97 Å². The van der Waals surface area contributed by atoms with Gasteiger partial charge in [-0.25, -0.2) is 0 Å². The van der Waals surface area contributed by atoms with Crippen LogP contribution in [0.2, 0.25) is 0 Å². The summed E-state index contributed by atoms with van der Waals surface area (Å²) in [5, 5.41) is 9.28. The summed E-state index contributed by atoms with van der Waals surface area (Å²) in [5.74, 6) is -0.831. The second kappa shape index (κ2) is 5.17. The van der Waals surface area contributed by atoms with Gasteiger partial charge in [0.05, 0.1) is 10.8 Å². The van der Waals surface area contributed by atoms with Crippen LogP contribution in [0.5, 0.6) is 0 Å². The molecular weight excluding hydrogens is 266 g/mol. The molecule has 1 fully saturated rings. The summed E-state index contributed by atoms with van der Waals surface area (Å²) in [6.07, 6.45) is 0.512. The van der Waals surface area contributed by atoms with Gasteiger partial charge in [-0.15, -0.1) is 0 Å². The third-order valence-electron chi connectivity index (χ3n) is 4.58. The fraction of sp³-hybridized carbons (Fsp3) is 0.529. The lowest BCUT2D eigenvalue weighted by molar-refractivity contribution is -0.147. The standard InChI is InChI=1S/C17H23NO3/c1-12-5-7-13(8-6-12)16(2,3)14(19)18-10-9-17(4,11-18)15(20)21/h5-8H,9-11H2,1-4H3,(H,20,21)/t17-/m0/s1. The van der Waals surface area contributed by atoms with Gasteiger partial charge in [-0.1, -0.05) is 29.8 Å². The van der Waals surface area contributed by atoms with Crippen LogP contribution in [-0.2, 0) is 15.0 Å². The Hall–Kier alpha value is -1.84. The highest BCUT2D eigenvalue weighted by atomic mass is 16.4. The number of carboxylic acid groups (broad SMARTS) is 1. The molecule has 0 unspecified atom stereocenters. The minimum Gasteiger partial charge on any atom is -0.481 e. The molecule has 4 nitrogen and oxygen atoms in total. The number of hydrogen-bond donors (Lipinski definition) is 1. The quantitative estimate of drug-likeness (QED) is 0.930. The van der Waals surface area contributed by atoms with Crippen molar-refractivity contribution in [2.24, 2.45) is 5.41 Å². The van der Waals surface area contributed by atoms with Crippen molar-refractivity contribution in [2.45, 2.75) is 39.5 Å². The fourth-order valence-electron chi connectivity index (χ4n) is 2.80. The smallest absolute Gasteiger partial charge is 0.311 e. The van der Waals surface area contributed by atoms with Gasteiger partial charge in [-0.05, 0) is 39.7 Å². The Morgan fingerprint density at radius 3 is 2.29 bits per heavy atom. The van der Waals surface area contributed by atoms with Crippen molar-refractivity contribution < 1.29 is 14.7 Å². The molecule has 1 amide bonds. The lowest BCUT2D eigenvalue weighted by atomic mass is 9.82. The Morgan fingerprint density at radius 1 is 1.24 bits per heavy atom. The molecule has 1 aliphatic rings. The van der Waals surface area contributed by atoms with E-state index in [2.05, 4.69) is 0 Å². The van der Waals surface area contributed by atoms with E-state index in [1.165, 1.54) is 0 Å². The van der Waals surface area contributed by atoms with E-state index >= 15 is 0 Å². The SMILES string of the molecule is Cc1ccc(C(C)(C)C(=O)N2CC[C@](C)(C(=O)O)C2)cc1. The predicted molar refractivity (Wildman–Crippen MR) is 81.1 cm³/mol. The maximum Gasteiger partial charge on any atom is 0.311 e. The maximum atomic E-state index is 12.8. The van der Waals surface area contributed by atoms with Gasteiger partial charge in [0.15, 0.2) is 0 Å². The van der Waals surface area contributed by atoms with Crippen LogP contribution in [-0.4, -0.2) is 35.0 Å². The molecule has 21 heavy (non-hydrogen) atoms. The summed E-state index contributed by atoms with van der Waals surface area (Å²) in [6.45, 7) is 8.32. The van der Waals surface area contributed by atoms with E-state index in [1.54, 1.807) is 11.8 Å². The van der Waals surface area contributed by atoms with E-state index in [0.717, 1.165) is 11.1 Å². The van der Waals surface area contributed by atoms with Gasteiger partial charge in [0.25, 0.3) is 0 Å². The first-order valence-electron chi connectivity index (χ1n) is 7.27. The molecule has 1 heterocycles. The molecule has 1 saturated heterocycles. The largest absolute Gasteiger partial charge is 0.481 e. The molecule has 2 rings (SSSR count). The Labute approximate surface area is 125 Å². The van der Waals surface area contributed by atoms with E-state index in [-0.39, 0.29) is 12.5 Å². The molecule has 1 N–H and O–H groups in total. The predicted octanol–water partition coefficient (Wildman–Crippen LogP) is 2.60. The van der Waals surface area contributed by atoms with Gasteiger partial charge in [-0.2, -0.15) is 0 Å². The molecule has 0 saturated carbocycles. The number of amides is 1. The van der Waals surface area contributed by atoms with Crippen LogP contribution >= 0.6 is 0 Å². The van der Waals surface area contributed by atoms with Crippen molar-refractivity contribution in [3.8, 4) is 0 Å². The summed E-state index contributed by atoms with van der Waals surface area (Å²) in [5.41, 5.74) is 0.653. The van der Waals surface area contributed by atoms with Crippen LogP contribution in [0.25, 0.3) is 0 Å². The third kappa shape index (κ3) is 2.80. The van der Waals surface area contributed by atoms with Gasteiger partial charge in [-0.3, -0.25) is 9.59 Å². The molecule has 1 aromatic carbocycles. The van der Waals surface area contributed by atoms with Crippen molar-refractivity contribution in [2.75, 3.05) is 13.1 Å². The average molecular weight is 289 g/mol. The number of carbonyl (C=O) groups is 2. The molecule has 114 valence electrons. The number of carboxylic acids is 1. The van der Waals surface area contributed by atoms with Gasteiger partial charge in [0.1, 0.15) is 0 Å². The number of aliphatic carboxylic acids is 1. The lowest BCUT2D eigenvalue weighted by Crippen LogP contribution is -2.44. The second-order valence-electron chi connectivity index (χ2n) is 6.83. The highest BCUT2D eigenvalue weighted by molar-refractivity contribution is 5.88. The zero-order valence-electron chi connectivity index (χ0n) is 13.1. The molecule has 0 aliphatic carbocycles. The van der Waals surface area contributed by atoms with Crippen molar-refractivity contribution in [3.05, 3.63) is 35.4 Å². The Bertz CT molecular complexity index is 562. The Balaban J connectivity index is 2.20. The molecule has 0 spiro atoms. The first-order chi connectivity index (χ1) is 9.67. The van der Waals surface area contributed by atoms with Crippen LogP contribution in [0, 0.1) is 12.3 Å². The number of likely N-dealkylation sites (tertiary alicyclic amines) is 1. The third-order valence-corrected chi connectivity index (χ3v) is 4.58. The number of nitrogens with zero attached hydrogens (tertiary/aromatic N) is 1. The normalized spacial score (nSPS) is 22.4. The molecule has 0 radical (unpaired) electrons. The van der Waals surface area contributed by atoms with E-state index in [1.807, 2.05) is 45.0 Å². The van der Waals surface area contributed by atoms with Crippen LogP contribution in [0.15, 0.2) is 24.3 Å². The van der Waals surface area contributed by atoms with E-state index in [4.69, 9.17) is 0 Å². The summed E-state index contributed by atoms with van der Waals surface area (Å²) < 4.78 is 0. The zero-order valence-corrected chi connectivity index (χ0v) is 13.1. The second-order valence-corrected chi connectivity index (χ2v) is 6.83. The number of rotatable bonds is 3. The monoisotopic (exact) mass is 289 g/mol. The summed E-state index contributed by atoms with van der Waals surface area (Å²) in [4.78, 5) is 25.8. The number of hydrogen-bond acceptors (Lipinski definition) is 2. The number of aryl methyl sites for hydroxylation is 1. The number of benzene rings is 1. The van der Waals surface area contributed by atoms with E-state index < -0.39 is 16.8 Å². The van der Waals surface area contributed by atoms with Crippen molar-refractivity contribution in [3.63, 3.8) is 0 Å². The van der Waals surface area contributed by atoms with E-state index in [9.17, 15) is 14.7 Å². The van der Waals surface area contributed by atoms with E-state index in [0.29, 0.717) is 13.0 Å². The van der Waals surface area contributed by atoms with Gasteiger partial charge in [0.2, 0.25) is 5.91 Å². The molecule has 1 aliphatic heterocycles. The molecule has 0 bridgehead atoms. The summed E-state index contributed by atoms with van der Waals surface area (Å²) >= 11 is 0. The minimum absolute atomic E-state index is 0.00340. The van der Waals surface area contributed by atoms with Crippen LogP contribution in [0.1, 0.15) is 38.3 Å². The first kappa shape index (κ1) is 15.5. The zero-order chi connectivity index (χ0) is 15.8. The maximum absolute atomic E-state index is 12.8. The van der Waals surface area contributed by atoms with Crippen LogP contribution < -0.4 is 0 Å². The molecule has 0 aromatic heterocycles. The summed E-state index contributed by atoms with van der Waals surface area (Å²) in [7, 11) is 0. The highest BCUT2D eigenvalue weighted by Crippen LogP contribution is 2.34. The van der Waals surface area contributed by atoms with Crippen molar-refractivity contribution >= 4 is 11.9 Å². The molecule has 1 atom stereocenters. The van der Waals surface area contributed by atoms with Gasteiger partial charge in [0, 0.05) is 13.1 Å². The Kier molecular flexibility index (Phi) is 3.83. The lowest BCUT2D eigenvalue weighted by Gasteiger charge is -2.30. The fourth-order valence-corrected chi connectivity index (χ4v) is 2.80. The average Bonchev–Trinajstić information content (AvgIpc) is 2.82. The first-order valence-corrected chi connectivity index (χ1v) is 7.27. The molecule has 1 aromatic rings. The summed E-state index contributed by atoms with van der Waals surface area (Å²) in [6, 6.07) is 7.94. The Morgan fingerprint density at radius 2 is 1.81 bits per heavy atom. The van der Waals surface area contributed by atoms with Crippen LogP contribution in [0.3, 0.4) is 0 Å². The topological polar surface area (TPSA) is 57.6 Å². The van der Waals surface area contributed by atoms with Crippen LogP contribution in [0.4, 0.5) is 0 Å². The van der Waals surface area contributed by atoms with Gasteiger partial charge < -0.3 is 10.0 Å². The van der Waals surface area contributed by atoms with Crippen molar-refractivity contribution in [1.29, 1.82) is 0 Å².